The van der Waals surface area contributed by atoms with Gasteiger partial charge in [0.25, 0.3) is 0 Å². The molecule has 2 aliphatic rings. The Bertz CT molecular complexity index is 897. The van der Waals surface area contributed by atoms with Gasteiger partial charge in [0, 0.05) is 5.56 Å². The summed E-state index contributed by atoms with van der Waals surface area (Å²) in [7, 11) is 0. The molecule has 0 aromatic heterocycles. The first-order valence-corrected chi connectivity index (χ1v) is 10.9. The monoisotopic (exact) mass is 418 g/mol. The van der Waals surface area contributed by atoms with Gasteiger partial charge in [0.2, 0.25) is 0 Å². The average molecular weight is 419 g/mol. The fraction of sp³-hybridized carbons (Fsp3) is 0.440. The SMILES string of the molecule is C/C=C/C1CCC2CC(c3ccc(-c4cc(F)c(Cl)c(F)c4)c(F)c3)CCC2C1. The second-order valence-corrected chi connectivity index (χ2v) is 9.00. The van der Waals surface area contributed by atoms with Gasteiger partial charge in [0.05, 0.1) is 0 Å². The number of allylic oxidation sites excluding steroid dienone is 2. The van der Waals surface area contributed by atoms with Crippen molar-refractivity contribution in [2.24, 2.45) is 17.8 Å². The van der Waals surface area contributed by atoms with E-state index in [0.717, 1.165) is 48.3 Å². The van der Waals surface area contributed by atoms with Crippen molar-refractivity contribution in [3.8, 4) is 11.1 Å². The largest absolute Gasteiger partial charge is 0.206 e. The van der Waals surface area contributed by atoms with Crippen molar-refractivity contribution in [1.82, 2.24) is 0 Å². The Morgan fingerprint density at radius 1 is 0.862 bits per heavy atom. The van der Waals surface area contributed by atoms with Gasteiger partial charge < -0.3 is 0 Å². The molecule has 29 heavy (non-hydrogen) atoms. The van der Waals surface area contributed by atoms with Crippen molar-refractivity contribution < 1.29 is 13.2 Å². The lowest BCUT2D eigenvalue weighted by Gasteiger charge is -2.41. The molecule has 2 saturated carbocycles. The van der Waals surface area contributed by atoms with Crippen LogP contribution in [-0.2, 0) is 0 Å². The van der Waals surface area contributed by atoms with E-state index in [0.29, 0.717) is 5.92 Å². The second-order valence-electron chi connectivity index (χ2n) is 8.62. The predicted octanol–water partition coefficient (Wildman–Crippen LogP) is 8.30. The van der Waals surface area contributed by atoms with Crippen LogP contribution in [0.25, 0.3) is 11.1 Å². The Hall–Kier alpha value is -1.74. The fourth-order valence-corrected chi connectivity index (χ4v) is 5.51. The van der Waals surface area contributed by atoms with E-state index in [9.17, 15) is 13.2 Å². The molecule has 4 unspecified atom stereocenters. The Morgan fingerprint density at radius 3 is 2.24 bits per heavy atom. The third kappa shape index (κ3) is 4.26. The minimum atomic E-state index is -0.878. The number of fused-ring (bicyclic) bond motifs is 1. The van der Waals surface area contributed by atoms with E-state index in [2.05, 4.69) is 19.1 Å². The second kappa shape index (κ2) is 8.55. The van der Waals surface area contributed by atoms with Crippen LogP contribution in [-0.4, -0.2) is 0 Å². The molecule has 0 nitrogen and oxygen atoms in total. The molecular weight excluding hydrogens is 393 g/mol. The highest BCUT2D eigenvalue weighted by atomic mass is 35.5. The van der Waals surface area contributed by atoms with Crippen molar-refractivity contribution in [2.45, 2.75) is 51.4 Å². The first kappa shape index (κ1) is 20.5. The van der Waals surface area contributed by atoms with Crippen molar-refractivity contribution in [3.63, 3.8) is 0 Å². The van der Waals surface area contributed by atoms with E-state index in [1.807, 2.05) is 6.07 Å². The summed E-state index contributed by atoms with van der Waals surface area (Å²) in [4.78, 5) is 0. The fourth-order valence-electron chi connectivity index (χ4n) is 5.41. The standard InChI is InChI=1S/C25H26ClF3/c1-2-3-15-4-5-17-11-18(7-6-16(17)10-15)19-8-9-21(22(27)12-19)20-13-23(28)25(26)24(29)14-20/h2-3,8-9,12-18H,4-7,10-11H2,1H3/b3-2+. The van der Waals surface area contributed by atoms with Crippen LogP contribution in [0.5, 0.6) is 0 Å². The van der Waals surface area contributed by atoms with E-state index in [4.69, 9.17) is 11.6 Å². The van der Waals surface area contributed by atoms with E-state index in [1.165, 1.54) is 25.7 Å². The van der Waals surface area contributed by atoms with Crippen molar-refractivity contribution in [3.05, 3.63) is 70.5 Å². The van der Waals surface area contributed by atoms with Crippen LogP contribution in [0.4, 0.5) is 13.2 Å². The normalized spacial score (nSPS) is 27.2. The number of halogens is 4. The minimum absolute atomic E-state index is 0.166. The minimum Gasteiger partial charge on any atom is -0.206 e. The van der Waals surface area contributed by atoms with Gasteiger partial charge in [0.1, 0.15) is 22.5 Å². The van der Waals surface area contributed by atoms with E-state index in [1.54, 1.807) is 12.1 Å². The molecule has 0 saturated heterocycles. The maximum Gasteiger partial charge on any atom is 0.145 e. The Kier molecular flexibility index (Phi) is 6.06. The third-order valence-corrected chi connectivity index (χ3v) is 7.24. The van der Waals surface area contributed by atoms with Gasteiger partial charge in [-0.05, 0) is 98.4 Å². The molecule has 0 bridgehead atoms. The molecule has 2 fully saturated rings. The maximum absolute atomic E-state index is 14.8. The van der Waals surface area contributed by atoms with Gasteiger partial charge in [-0.3, -0.25) is 0 Å². The van der Waals surface area contributed by atoms with Crippen LogP contribution in [0.2, 0.25) is 5.02 Å². The molecule has 2 aromatic carbocycles. The molecule has 0 N–H and O–H groups in total. The predicted molar refractivity (Wildman–Crippen MR) is 112 cm³/mol. The summed E-state index contributed by atoms with van der Waals surface area (Å²) in [6.45, 7) is 2.09. The highest BCUT2D eigenvalue weighted by Crippen LogP contribution is 2.48. The van der Waals surface area contributed by atoms with Crippen LogP contribution < -0.4 is 0 Å². The summed E-state index contributed by atoms with van der Waals surface area (Å²) >= 11 is 5.54. The first-order chi connectivity index (χ1) is 14.0. The molecule has 0 spiro atoms. The van der Waals surface area contributed by atoms with Crippen molar-refractivity contribution in [1.29, 1.82) is 0 Å². The molecule has 4 rings (SSSR count). The summed E-state index contributed by atoms with van der Waals surface area (Å²) < 4.78 is 42.4. The summed E-state index contributed by atoms with van der Waals surface area (Å²) in [5.74, 6) is 0.380. The topological polar surface area (TPSA) is 0 Å². The van der Waals surface area contributed by atoms with Gasteiger partial charge in [-0.15, -0.1) is 0 Å². The van der Waals surface area contributed by atoms with Gasteiger partial charge in [-0.25, -0.2) is 13.2 Å². The number of benzene rings is 2. The van der Waals surface area contributed by atoms with Crippen molar-refractivity contribution in [2.75, 3.05) is 0 Å². The van der Waals surface area contributed by atoms with Crippen LogP contribution in [0.3, 0.4) is 0 Å². The molecule has 0 radical (unpaired) electrons. The Labute approximate surface area is 175 Å². The lowest BCUT2D eigenvalue weighted by atomic mass is 9.64. The quantitative estimate of drug-likeness (QED) is 0.347. The van der Waals surface area contributed by atoms with Gasteiger partial charge >= 0.3 is 0 Å². The number of hydrogen-bond donors (Lipinski definition) is 0. The zero-order valence-corrected chi connectivity index (χ0v) is 17.4. The van der Waals surface area contributed by atoms with Crippen molar-refractivity contribution >= 4 is 11.6 Å². The van der Waals surface area contributed by atoms with Gasteiger partial charge in [-0.2, -0.15) is 0 Å². The zero-order valence-electron chi connectivity index (χ0n) is 16.6. The van der Waals surface area contributed by atoms with Crippen LogP contribution in [0, 0.1) is 35.2 Å². The Balaban J connectivity index is 1.51. The number of rotatable bonds is 3. The average Bonchev–Trinajstić information content (AvgIpc) is 2.71. The zero-order chi connectivity index (χ0) is 20.5. The summed E-state index contributed by atoms with van der Waals surface area (Å²) in [6, 6.07) is 7.27. The van der Waals surface area contributed by atoms with E-state index >= 15 is 0 Å². The number of hydrogen-bond acceptors (Lipinski definition) is 0. The molecular formula is C25H26ClF3. The molecule has 0 amide bonds. The highest BCUT2D eigenvalue weighted by molar-refractivity contribution is 6.31. The first-order valence-electron chi connectivity index (χ1n) is 10.5. The lowest BCUT2D eigenvalue weighted by molar-refractivity contribution is 0.133. The summed E-state index contributed by atoms with van der Waals surface area (Å²) in [6.07, 6.45) is 11.7. The molecule has 2 aliphatic carbocycles. The molecule has 4 heteroatoms. The van der Waals surface area contributed by atoms with E-state index < -0.39 is 22.5 Å². The third-order valence-electron chi connectivity index (χ3n) is 6.88. The molecule has 2 aromatic rings. The molecule has 154 valence electrons. The molecule has 4 atom stereocenters. The Morgan fingerprint density at radius 2 is 1.55 bits per heavy atom. The van der Waals surface area contributed by atoms with Crippen LogP contribution in [0.15, 0.2) is 42.5 Å². The summed E-state index contributed by atoms with van der Waals surface area (Å²) in [5, 5.41) is -0.563. The highest BCUT2D eigenvalue weighted by Gasteiger charge is 2.35. The summed E-state index contributed by atoms with van der Waals surface area (Å²) in [5.41, 5.74) is 1.36. The van der Waals surface area contributed by atoms with Crippen LogP contribution >= 0.6 is 11.6 Å². The molecule has 0 aliphatic heterocycles. The molecule has 0 heterocycles. The van der Waals surface area contributed by atoms with E-state index in [-0.39, 0.29) is 11.1 Å². The maximum atomic E-state index is 14.8. The lowest BCUT2D eigenvalue weighted by Crippen LogP contribution is -2.30. The van der Waals surface area contributed by atoms with Gasteiger partial charge in [-0.1, -0.05) is 35.9 Å². The smallest absolute Gasteiger partial charge is 0.145 e. The van der Waals surface area contributed by atoms with Gasteiger partial charge in [0.15, 0.2) is 0 Å². The van der Waals surface area contributed by atoms with Crippen LogP contribution in [0.1, 0.15) is 56.9 Å².